The number of benzene rings is 1. The van der Waals surface area contributed by atoms with Crippen LogP contribution in [0.2, 0.25) is 0 Å². The van der Waals surface area contributed by atoms with E-state index in [0.717, 1.165) is 10.2 Å². The van der Waals surface area contributed by atoms with Crippen molar-refractivity contribution in [2.75, 3.05) is 5.32 Å². The molecule has 4 rings (SSSR count). The van der Waals surface area contributed by atoms with Crippen molar-refractivity contribution >= 4 is 38.3 Å². The molecule has 9 heteroatoms. The highest BCUT2D eigenvalue weighted by molar-refractivity contribution is 9.10. The standard InChI is InChI=1S/C17H11BrN6OS/c18-12-4-6-13(7-5-12)24-10-11(9-20-24)15(25)21-17-23-22-16(26-17)14-3-1-2-8-19-14/h1-10H,(H,21,23,25). The average Bonchev–Trinajstić information content (AvgIpc) is 3.33. The predicted octanol–water partition coefficient (Wildman–Crippen LogP) is 3.80. The van der Waals surface area contributed by atoms with Crippen LogP contribution < -0.4 is 5.32 Å². The fourth-order valence-electron chi connectivity index (χ4n) is 2.21. The van der Waals surface area contributed by atoms with Gasteiger partial charge in [0.25, 0.3) is 5.91 Å². The molecule has 0 aliphatic heterocycles. The summed E-state index contributed by atoms with van der Waals surface area (Å²) < 4.78 is 2.62. The van der Waals surface area contributed by atoms with E-state index in [0.29, 0.717) is 21.4 Å². The molecule has 0 radical (unpaired) electrons. The molecule has 0 aliphatic rings. The van der Waals surface area contributed by atoms with Gasteiger partial charge in [-0.25, -0.2) is 4.68 Å². The molecule has 128 valence electrons. The minimum Gasteiger partial charge on any atom is -0.296 e. The van der Waals surface area contributed by atoms with Gasteiger partial charge in [-0.05, 0) is 36.4 Å². The van der Waals surface area contributed by atoms with Crippen molar-refractivity contribution in [3.05, 3.63) is 71.1 Å². The molecule has 0 fully saturated rings. The molecule has 1 N–H and O–H groups in total. The van der Waals surface area contributed by atoms with Crippen molar-refractivity contribution in [3.63, 3.8) is 0 Å². The van der Waals surface area contributed by atoms with Crippen molar-refractivity contribution in [1.29, 1.82) is 0 Å². The number of hydrogen-bond donors (Lipinski definition) is 1. The summed E-state index contributed by atoms with van der Waals surface area (Å²) in [7, 11) is 0. The average molecular weight is 427 g/mol. The zero-order valence-electron chi connectivity index (χ0n) is 13.2. The van der Waals surface area contributed by atoms with E-state index in [1.54, 1.807) is 17.1 Å². The van der Waals surface area contributed by atoms with Crippen LogP contribution in [0, 0.1) is 0 Å². The summed E-state index contributed by atoms with van der Waals surface area (Å²) in [5.74, 6) is -0.294. The first-order valence-corrected chi connectivity index (χ1v) is 9.17. The number of aromatic nitrogens is 5. The molecule has 3 heterocycles. The van der Waals surface area contributed by atoms with Gasteiger partial charge in [0.2, 0.25) is 5.13 Å². The van der Waals surface area contributed by atoms with Crippen molar-refractivity contribution in [2.45, 2.75) is 0 Å². The number of halogens is 1. The quantitative estimate of drug-likeness (QED) is 0.536. The Morgan fingerprint density at radius 3 is 2.73 bits per heavy atom. The third-order valence-electron chi connectivity index (χ3n) is 3.47. The molecular weight excluding hydrogens is 416 g/mol. The molecule has 26 heavy (non-hydrogen) atoms. The van der Waals surface area contributed by atoms with Crippen LogP contribution >= 0.6 is 27.3 Å². The summed E-state index contributed by atoms with van der Waals surface area (Å²) in [6.45, 7) is 0. The van der Waals surface area contributed by atoms with Gasteiger partial charge in [0.15, 0.2) is 5.01 Å². The van der Waals surface area contributed by atoms with Crippen molar-refractivity contribution in [3.8, 4) is 16.4 Å². The number of anilines is 1. The third-order valence-corrected chi connectivity index (χ3v) is 4.86. The number of carbonyl (C=O) groups is 1. The van der Waals surface area contributed by atoms with E-state index in [4.69, 9.17) is 0 Å². The SMILES string of the molecule is O=C(Nc1nnc(-c2ccccn2)s1)c1cnn(-c2ccc(Br)cc2)c1. The Morgan fingerprint density at radius 2 is 1.96 bits per heavy atom. The van der Waals surface area contributed by atoms with Crippen molar-refractivity contribution < 1.29 is 4.79 Å². The highest BCUT2D eigenvalue weighted by atomic mass is 79.9. The molecule has 0 bridgehead atoms. The molecule has 3 aromatic heterocycles. The first kappa shape index (κ1) is 16.6. The molecule has 0 saturated heterocycles. The van der Waals surface area contributed by atoms with Crippen LogP contribution in [0.3, 0.4) is 0 Å². The monoisotopic (exact) mass is 426 g/mol. The Kier molecular flexibility index (Phi) is 4.55. The van der Waals surface area contributed by atoms with Gasteiger partial charge in [-0.2, -0.15) is 5.10 Å². The first-order valence-electron chi connectivity index (χ1n) is 7.56. The van der Waals surface area contributed by atoms with Crippen LogP contribution in [0.5, 0.6) is 0 Å². The molecule has 0 atom stereocenters. The molecule has 0 aliphatic carbocycles. The fraction of sp³-hybridized carbons (Fsp3) is 0. The number of nitrogens with zero attached hydrogens (tertiary/aromatic N) is 5. The van der Waals surface area contributed by atoms with Gasteiger partial charge in [0, 0.05) is 16.9 Å². The van der Waals surface area contributed by atoms with Crippen LogP contribution in [-0.4, -0.2) is 30.9 Å². The van der Waals surface area contributed by atoms with E-state index >= 15 is 0 Å². The molecule has 0 unspecified atom stereocenters. The Labute approximate surface area is 160 Å². The second kappa shape index (κ2) is 7.14. The number of nitrogens with one attached hydrogen (secondary N) is 1. The Bertz CT molecular complexity index is 1040. The van der Waals surface area contributed by atoms with Crippen LogP contribution in [0.25, 0.3) is 16.4 Å². The maximum atomic E-state index is 12.4. The second-order valence-electron chi connectivity index (χ2n) is 5.23. The minimum atomic E-state index is -0.294. The van der Waals surface area contributed by atoms with Crippen LogP contribution in [0.1, 0.15) is 10.4 Å². The highest BCUT2D eigenvalue weighted by Gasteiger charge is 2.14. The number of hydrogen-bond acceptors (Lipinski definition) is 6. The topological polar surface area (TPSA) is 85.6 Å². The Hall–Kier alpha value is -2.91. The van der Waals surface area contributed by atoms with Crippen molar-refractivity contribution in [1.82, 2.24) is 25.0 Å². The molecule has 7 nitrogen and oxygen atoms in total. The molecule has 0 saturated carbocycles. The van der Waals surface area contributed by atoms with Gasteiger partial charge in [-0.3, -0.25) is 15.1 Å². The van der Waals surface area contributed by atoms with E-state index in [9.17, 15) is 4.79 Å². The number of rotatable bonds is 4. The Morgan fingerprint density at radius 1 is 1.12 bits per heavy atom. The predicted molar refractivity (Wildman–Crippen MR) is 102 cm³/mol. The van der Waals surface area contributed by atoms with E-state index in [1.807, 2.05) is 42.5 Å². The molecule has 1 amide bonds. The van der Waals surface area contributed by atoms with Gasteiger partial charge in [-0.15, -0.1) is 10.2 Å². The summed E-state index contributed by atoms with van der Waals surface area (Å²) in [5, 5.41) is 16.1. The van der Waals surface area contributed by atoms with E-state index in [2.05, 4.69) is 41.5 Å². The molecule has 1 aromatic carbocycles. The highest BCUT2D eigenvalue weighted by Crippen LogP contribution is 2.24. The molecule has 4 aromatic rings. The zero-order chi connectivity index (χ0) is 17.9. The van der Waals surface area contributed by atoms with Crippen LogP contribution in [-0.2, 0) is 0 Å². The van der Waals surface area contributed by atoms with E-state index in [-0.39, 0.29) is 5.91 Å². The summed E-state index contributed by atoms with van der Waals surface area (Å²) in [4.78, 5) is 16.6. The number of amides is 1. The lowest BCUT2D eigenvalue weighted by Crippen LogP contribution is -2.10. The zero-order valence-corrected chi connectivity index (χ0v) is 15.6. The maximum Gasteiger partial charge on any atom is 0.260 e. The lowest BCUT2D eigenvalue weighted by molar-refractivity contribution is 0.102. The lowest BCUT2D eigenvalue weighted by atomic mass is 10.3. The molecule has 0 spiro atoms. The number of pyridine rings is 1. The largest absolute Gasteiger partial charge is 0.296 e. The van der Waals surface area contributed by atoms with Gasteiger partial charge >= 0.3 is 0 Å². The van der Waals surface area contributed by atoms with E-state index in [1.165, 1.54) is 17.5 Å². The first-order chi connectivity index (χ1) is 12.7. The smallest absolute Gasteiger partial charge is 0.260 e. The lowest BCUT2D eigenvalue weighted by Gasteiger charge is -2.00. The van der Waals surface area contributed by atoms with E-state index < -0.39 is 0 Å². The fourth-order valence-corrected chi connectivity index (χ4v) is 3.19. The third kappa shape index (κ3) is 3.53. The second-order valence-corrected chi connectivity index (χ2v) is 7.12. The van der Waals surface area contributed by atoms with Gasteiger partial charge in [-0.1, -0.05) is 33.3 Å². The van der Waals surface area contributed by atoms with Crippen LogP contribution in [0.15, 0.2) is 65.5 Å². The van der Waals surface area contributed by atoms with Crippen molar-refractivity contribution in [2.24, 2.45) is 0 Å². The molecular formula is C17H11BrN6OS. The van der Waals surface area contributed by atoms with Crippen LogP contribution in [0.4, 0.5) is 5.13 Å². The number of carbonyl (C=O) groups excluding carboxylic acids is 1. The van der Waals surface area contributed by atoms with Gasteiger partial charge in [0.1, 0.15) is 5.69 Å². The summed E-state index contributed by atoms with van der Waals surface area (Å²) in [5.41, 5.74) is 2.01. The summed E-state index contributed by atoms with van der Waals surface area (Å²) in [6, 6.07) is 13.2. The summed E-state index contributed by atoms with van der Waals surface area (Å²) >= 11 is 4.66. The normalized spacial score (nSPS) is 10.7. The maximum absolute atomic E-state index is 12.4. The van der Waals surface area contributed by atoms with Gasteiger partial charge in [0.05, 0.1) is 17.4 Å². The Balaban J connectivity index is 1.49. The van der Waals surface area contributed by atoms with Gasteiger partial charge < -0.3 is 0 Å². The summed E-state index contributed by atoms with van der Waals surface area (Å²) in [6.07, 6.45) is 4.86. The minimum absolute atomic E-state index is 0.294.